The molecule has 1 aliphatic heterocycles. The smallest absolute Gasteiger partial charge is 0.229 e. The lowest BCUT2D eigenvalue weighted by atomic mass is 9.91. The third-order valence-corrected chi connectivity index (χ3v) is 4.36. The lowest BCUT2D eigenvalue weighted by Crippen LogP contribution is -2.47. The Morgan fingerprint density at radius 1 is 1.23 bits per heavy atom. The van der Waals surface area contributed by atoms with Crippen LogP contribution in [0.25, 0.3) is 0 Å². The summed E-state index contributed by atoms with van der Waals surface area (Å²) < 4.78 is 0.977. The highest BCUT2D eigenvalue weighted by Crippen LogP contribution is 2.24. The van der Waals surface area contributed by atoms with Gasteiger partial charge in [0.05, 0.1) is 5.92 Å². The number of nitrogens with one attached hydrogen (secondary N) is 1. The molecule has 0 unspecified atom stereocenters. The second-order valence-electron chi connectivity index (χ2n) is 6.84. The van der Waals surface area contributed by atoms with E-state index in [9.17, 15) is 9.59 Å². The van der Waals surface area contributed by atoms with E-state index in [-0.39, 0.29) is 17.7 Å². The monoisotopic (exact) mass is 366 g/mol. The topological polar surface area (TPSA) is 49.4 Å². The first kappa shape index (κ1) is 17.0. The highest BCUT2D eigenvalue weighted by molar-refractivity contribution is 9.10. The summed E-state index contributed by atoms with van der Waals surface area (Å²) in [5, 5.41) is 2.94. The zero-order valence-corrected chi connectivity index (χ0v) is 14.9. The van der Waals surface area contributed by atoms with Crippen LogP contribution in [0.4, 0.5) is 5.69 Å². The van der Waals surface area contributed by atoms with Crippen LogP contribution in [0.15, 0.2) is 28.7 Å². The summed E-state index contributed by atoms with van der Waals surface area (Å²) in [4.78, 5) is 26.6. The van der Waals surface area contributed by atoms with E-state index in [4.69, 9.17) is 0 Å². The van der Waals surface area contributed by atoms with E-state index in [1.807, 2.05) is 49.9 Å². The normalized spacial score (nSPS) is 18.9. The molecule has 1 aromatic rings. The summed E-state index contributed by atoms with van der Waals surface area (Å²) in [5.74, 6) is -0.0222. The van der Waals surface area contributed by atoms with Gasteiger partial charge >= 0.3 is 0 Å². The van der Waals surface area contributed by atoms with Crippen LogP contribution in [0.2, 0.25) is 0 Å². The minimum Gasteiger partial charge on any atom is -0.341 e. The summed E-state index contributed by atoms with van der Waals surface area (Å²) in [7, 11) is 0. The predicted molar refractivity (Wildman–Crippen MR) is 91.5 cm³/mol. The van der Waals surface area contributed by atoms with E-state index in [2.05, 4.69) is 21.2 Å². The summed E-state index contributed by atoms with van der Waals surface area (Å²) >= 11 is 3.37. The lowest BCUT2D eigenvalue weighted by Gasteiger charge is -2.35. The van der Waals surface area contributed by atoms with Gasteiger partial charge in [-0.25, -0.2) is 0 Å². The van der Waals surface area contributed by atoms with Crippen molar-refractivity contribution < 1.29 is 9.59 Å². The third kappa shape index (κ3) is 4.32. The predicted octanol–water partition coefficient (Wildman–Crippen LogP) is 3.67. The van der Waals surface area contributed by atoms with Crippen molar-refractivity contribution in [1.29, 1.82) is 0 Å². The quantitative estimate of drug-likeness (QED) is 0.867. The molecule has 22 heavy (non-hydrogen) atoms. The van der Waals surface area contributed by atoms with E-state index >= 15 is 0 Å². The molecule has 0 radical (unpaired) electrons. The Kier molecular flexibility index (Phi) is 5.27. The molecule has 2 rings (SSSR count). The maximum absolute atomic E-state index is 12.4. The standard InChI is InChI=1S/C17H23BrN2O2/c1-17(2,3)16(22)20-10-4-5-12(11-20)15(21)19-14-8-6-13(18)7-9-14/h6-9,12H,4-5,10-11H2,1-3H3,(H,19,21)/t12-/m1/s1. The van der Waals surface area contributed by atoms with Gasteiger partial charge in [-0.1, -0.05) is 36.7 Å². The number of piperidine rings is 1. The van der Waals surface area contributed by atoms with Gasteiger partial charge in [0.2, 0.25) is 11.8 Å². The van der Waals surface area contributed by atoms with Crippen molar-refractivity contribution in [3.63, 3.8) is 0 Å². The second-order valence-corrected chi connectivity index (χ2v) is 7.75. The molecule has 1 atom stereocenters. The van der Waals surface area contributed by atoms with Crippen molar-refractivity contribution in [3.05, 3.63) is 28.7 Å². The highest BCUT2D eigenvalue weighted by atomic mass is 79.9. The van der Waals surface area contributed by atoms with Gasteiger partial charge < -0.3 is 10.2 Å². The van der Waals surface area contributed by atoms with Gasteiger partial charge in [-0.15, -0.1) is 0 Å². The zero-order chi connectivity index (χ0) is 16.3. The van der Waals surface area contributed by atoms with Crippen molar-refractivity contribution in [2.45, 2.75) is 33.6 Å². The van der Waals surface area contributed by atoms with Gasteiger partial charge in [0.25, 0.3) is 0 Å². The van der Waals surface area contributed by atoms with E-state index in [0.29, 0.717) is 6.54 Å². The molecule has 120 valence electrons. The van der Waals surface area contributed by atoms with Crippen molar-refractivity contribution in [3.8, 4) is 0 Å². The Bertz CT molecular complexity index is 549. The third-order valence-electron chi connectivity index (χ3n) is 3.83. The average Bonchev–Trinajstić information content (AvgIpc) is 2.48. The largest absolute Gasteiger partial charge is 0.341 e. The van der Waals surface area contributed by atoms with Gasteiger partial charge in [-0.2, -0.15) is 0 Å². The van der Waals surface area contributed by atoms with Crippen LogP contribution < -0.4 is 5.32 Å². The SMILES string of the molecule is CC(C)(C)C(=O)N1CCC[C@@H](C(=O)Nc2ccc(Br)cc2)C1. The molecule has 0 aromatic heterocycles. The summed E-state index contributed by atoms with van der Waals surface area (Å²) in [6, 6.07) is 7.52. The Morgan fingerprint density at radius 2 is 1.86 bits per heavy atom. The number of anilines is 1. The molecular weight excluding hydrogens is 344 g/mol. The molecule has 1 N–H and O–H groups in total. The van der Waals surface area contributed by atoms with Crippen molar-refractivity contribution in [2.24, 2.45) is 11.3 Å². The molecule has 1 saturated heterocycles. The molecule has 1 aliphatic rings. The molecule has 1 fully saturated rings. The fourth-order valence-corrected chi connectivity index (χ4v) is 2.89. The molecule has 2 amide bonds. The number of amides is 2. The molecular formula is C17H23BrN2O2. The van der Waals surface area contributed by atoms with Crippen LogP contribution in [0.5, 0.6) is 0 Å². The van der Waals surface area contributed by atoms with E-state index < -0.39 is 5.41 Å². The first-order valence-corrected chi connectivity index (χ1v) is 8.42. The Labute approximate surface area is 140 Å². The molecule has 5 heteroatoms. The second kappa shape index (κ2) is 6.82. The maximum Gasteiger partial charge on any atom is 0.229 e. The fourth-order valence-electron chi connectivity index (χ4n) is 2.63. The Hall–Kier alpha value is -1.36. The first-order valence-electron chi connectivity index (χ1n) is 7.63. The van der Waals surface area contributed by atoms with E-state index in [1.165, 1.54) is 0 Å². The minimum absolute atomic E-state index is 0.00580. The number of rotatable bonds is 2. The molecule has 0 saturated carbocycles. The number of halogens is 1. The van der Waals surface area contributed by atoms with Crippen LogP contribution in [0.1, 0.15) is 33.6 Å². The number of hydrogen-bond acceptors (Lipinski definition) is 2. The fraction of sp³-hybridized carbons (Fsp3) is 0.529. The molecule has 1 heterocycles. The Balaban J connectivity index is 1.98. The number of carbonyl (C=O) groups is 2. The van der Waals surface area contributed by atoms with E-state index in [0.717, 1.165) is 29.5 Å². The molecule has 0 spiro atoms. The summed E-state index contributed by atoms with van der Waals surface area (Å²) in [6.45, 7) is 7.01. The van der Waals surface area contributed by atoms with Crippen molar-refractivity contribution in [2.75, 3.05) is 18.4 Å². The van der Waals surface area contributed by atoms with Crippen LogP contribution in [0.3, 0.4) is 0 Å². The number of hydrogen-bond donors (Lipinski definition) is 1. The van der Waals surface area contributed by atoms with Gasteiger partial charge in [0, 0.05) is 28.7 Å². The van der Waals surface area contributed by atoms with Crippen molar-refractivity contribution >= 4 is 33.4 Å². The number of carbonyl (C=O) groups excluding carboxylic acids is 2. The zero-order valence-electron chi connectivity index (χ0n) is 13.4. The van der Waals surface area contributed by atoms with Gasteiger partial charge in [-0.05, 0) is 37.1 Å². The Morgan fingerprint density at radius 3 is 2.45 bits per heavy atom. The lowest BCUT2D eigenvalue weighted by molar-refractivity contribution is -0.142. The average molecular weight is 367 g/mol. The van der Waals surface area contributed by atoms with Crippen LogP contribution in [-0.4, -0.2) is 29.8 Å². The molecule has 0 aliphatic carbocycles. The molecule has 0 bridgehead atoms. The summed E-state index contributed by atoms with van der Waals surface area (Å²) in [5.41, 5.74) is 0.386. The van der Waals surface area contributed by atoms with Gasteiger partial charge in [0.15, 0.2) is 0 Å². The molecule has 1 aromatic carbocycles. The molecule has 4 nitrogen and oxygen atoms in total. The van der Waals surface area contributed by atoms with Gasteiger partial charge in [-0.3, -0.25) is 9.59 Å². The highest BCUT2D eigenvalue weighted by Gasteiger charge is 2.33. The first-order chi connectivity index (χ1) is 10.3. The van der Waals surface area contributed by atoms with Gasteiger partial charge in [0.1, 0.15) is 0 Å². The van der Waals surface area contributed by atoms with E-state index in [1.54, 1.807) is 0 Å². The van der Waals surface area contributed by atoms with Crippen molar-refractivity contribution in [1.82, 2.24) is 4.90 Å². The number of likely N-dealkylation sites (tertiary alicyclic amines) is 1. The maximum atomic E-state index is 12.4. The summed E-state index contributed by atoms with van der Waals surface area (Å²) in [6.07, 6.45) is 1.70. The number of nitrogens with zero attached hydrogens (tertiary/aromatic N) is 1. The minimum atomic E-state index is -0.399. The van der Waals surface area contributed by atoms with Crippen LogP contribution in [-0.2, 0) is 9.59 Å². The van der Waals surface area contributed by atoms with Crippen LogP contribution in [0, 0.1) is 11.3 Å². The van der Waals surface area contributed by atoms with Crippen LogP contribution >= 0.6 is 15.9 Å². The number of benzene rings is 1.